The van der Waals surface area contributed by atoms with Gasteiger partial charge in [0.05, 0.1) is 31.0 Å². The number of hydrogen-bond acceptors (Lipinski definition) is 9. The molecule has 0 aliphatic rings. The molecule has 196 valence electrons. The van der Waals surface area contributed by atoms with Crippen molar-refractivity contribution in [2.45, 2.75) is 6.18 Å². The van der Waals surface area contributed by atoms with Gasteiger partial charge in [0.2, 0.25) is 5.95 Å². The van der Waals surface area contributed by atoms with E-state index in [0.29, 0.717) is 39.0 Å². The number of benzene rings is 2. The number of H-pyrrole nitrogens is 1. The third-order valence-electron chi connectivity index (χ3n) is 4.36. The maximum Gasteiger partial charge on any atom is 0.490 e. The van der Waals surface area contributed by atoms with Gasteiger partial charge in [-0.1, -0.05) is 11.6 Å². The van der Waals surface area contributed by atoms with Crippen LogP contribution in [-0.4, -0.2) is 46.4 Å². The molecule has 0 saturated heterocycles. The normalized spacial score (nSPS) is 10.9. The van der Waals surface area contributed by atoms with E-state index in [1.54, 1.807) is 30.3 Å². The molecule has 16 heteroatoms. The van der Waals surface area contributed by atoms with Crippen molar-refractivity contribution in [1.29, 1.82) is 0 Å². The highest BCUT2D eigenvalue weighted by atomic mass is 35.5. The van der Waals surface area contributed by atoms with Crippen molar-refractivity contribution in [3.8, 4) is 11.5 Å². The fourth-order valence-electron chi connectivity index (χ4n) is 2.80. The minimum Gasteiger partial charge on any atom is -0.493 e. The Bertz CT molecular complexity index is 1490. The van der Waals surface area contributed by atoms with Crippen molar-refractivity contribution >= 4 is 51.8 Å². The lowest BCUT2D eigenvalue weighted by Crippen LogP contribution is -2.21. The molecule has 0 spiro atoms. The molecule has 2 heterocycles. The number of nitrogens with one attached hydrogen (secondary N) is 3. The smallest absolute Gasteiger partial charge is 0.490 e. The van der Waals surface area contributed by atoms with E-state index < -0.39 is 23.7 Å². The Morgan fingerprint density at radius 1 is 1.14 bits per heavy atom. The summed E-state index contributed by atoms with van der Waals surface area (Å²) in [5.74, 6) is -3.13. The molecule has 0 aliphatic heterocycles. The summed E-state index contributed by atoms with van der Waals surface area (Å²) < 4.78 is 61.4. The molecule has 0 amide bonds. The molecule has 0 bridgehead atoms. The summed E-state index contributed by atoms with van der Waals surface area (Å²) in [6.45, 7) is 0. The molecule has 4 rings (SSSR count). The summed E-state index contributed by atoms with van der Waals surface area (Å²) in [6.07, 6.45) is -4.06. The molecule has 4 aromatic rings. The number of methoxy groups -OCH3 is 2. The Morgan fingerprint density at radius 3 is 2.46 bits per heavy atom. The van der Waals surface area contributed by atoms with E-state index in [1.807, 2.05) is 0 Å². The second kappa shape index (κ2) is 11.0. The largest absolute Gasteiger partial charge is 0.493 e. The maximum atomic E-state index is 14.2. The highest BCUT2D eigenvalue weighted by molar-refractivity contribution is 6.32. The number of ether oxygens (including phenoxy) is 2. The lowest BCUT2D eigenvalue weighted by Gasteiger charge is -2.13. The van der Waals surface area contributed by atoms with E-state index in [9.17, 15) is 22.4 Å². The molecule has 11 nitrogen and oxygen atoms in total. The number of carboxylic acid groups (broad SMARTS) is 1. The zero-order valence-electron chi connectivity index (χ0n) is 18.7. The predicted molar refractivity (Wildman–Crippen MR) is 124 cm³/mol. The van der Waals surface area contributed by atoms with Crippen LogP contribution in [0.1, 0.15) is 0 Å². The van der Waals surface area contributed by atoms with Gasteiger partial charge in [0.1, 0.15) is 0 Å². The second-order valence-electron chi connectivity index (χ2n) is 6.86. The van der Waals surface area contributed by atoms with Gasteiger partial charge in [-0.15, -0.1) is 0 Å². The van der Waals surface area contributed by atoms with Gasteiger partial charge in [-0.25, -0.2) is 19.0 Å². The molecule has 2 aromatic heterocycles. The first-order valence-electron chi connectivity index (χ1n) is 9.82. The number of aromatic amines is 1. The van der Waals surface area contributed by atoms with E-state index in [4.69, 9.17) is 35.4 Å². The van der Waals surface area contributed by atoms with Crippen LogP contribution in [0.25, 0.3) is 11.1 Å². The van der Waals surface area contributed by atoms with Gasteiger partial charge >= 0.3 is 17.9 Å². The van der Waals surface area contributed by atoms with Crippen molar-refractivity contribution in [1.82, 2.24) is 15.0 Å². The minimum atomic E-state index is -5.08. The lowest BCUT2D eigenvalue weighted by atomic mass is 10.2. The van der Waals surface area contributed by atoms with E-state index in [-0.39, 0.29) is 11.8 Å². The van der Waals surface area contributed by atoms with Gasteiger partial charge in [-0.05, 0) is 24.3 Å². The SMILES string of the molecule is COc1cc(Nc2ncc(F)c(Nc3ccc4oc(=O)[nH]c4c3)n2)cc(Cl)c1OC.O=C(O)C(F)(F)F. The van der Waals surface area contributed by atoms with E-state index >= 15 is 0 Å². The average molecular weight is 546 g/mol. The van der Waals surface area contributed by atoms with Crippen LogP contribution < -0.4 is 25.9 Å². The lowest BCUT2D eigenvalue weighted by molar-refractivity contribution is -0.192. The van der Waals surface area contributed by atoms with Gasteiger partial charge in [0.15, 0.2) is 28.7 Å². The fraction of sp³-hybridized carbons (Fsp3) is 0.143. The van der Waals surface area contributed by atoms with Crippen LogP contribution in [0.2, 0.25) is 5.02 Å². The van der Waals surface area contributed by atoms with Crippen molar-refractivity contribution < 1.29 is 41.4 Å². The number of oxazole rings is 1. The number of carboxylic acids is 1. The molecular formula is C21H16ClF4N5O6. The molecule has 0 radical (unpaired) electrons. The number of aliphatic carboxylic acids is 1. The first kappa shape index (κ1) is 27.1. The number of carbonyl (C=O) groups is 1. The molecule has 0 unspecified atom stereocenters. The predicted octanol–water partition coefficient (Wildman–Crippen LogP) is 4.84. The molecule has 0 aliphatic carbocycles. The number of alkyl halides is 3. The highest BCUT2D eigenvalue weighted by Crippen LogP contribution is 2.38. The van der Waals surface area contributed by atoms with Crippen LogP contribution in [0.15, 0.2) is 45.7 Å². The molecule has 0 saturated carbocycles. The number of aromatic nitrogens is 3. The summed E-state index contributed by atoms with van der Waals surface area (Å²) >= 11 is 6.20. The number of anilines is 4. The fourth-order valence-corrected chi connectivity index (χ4v) is 3.09. The van der Waals surface area contributed by atoms with Crippen LogP contribution in [0.4, 0.5) is 40.7 Å². The summed E-state index contributed by atoms with van der Waals surface area (Å²) in [4.78, 5) is 30.8. The Hall–Kier alpha value is -4.53. The standard InChI is InChI=1S/C19H15ClFN5O4.C2HF3O2/c1-28-15-7-10(5-11(20)16(15)29-2)24-18-22-8-12(21)17(26-18)23-9-3-4-14-13(6-9)25-19(27)30-14;3-2(4,5)1(6)7/h3-8H,1-2H3,(H,25,27)(H2,22,23,24,26);(H,6,7). The zero-order chi connectivity index (χ0) is 27.3. The molecule has 2 aromatic carbocycles. The summed E-state index contributed by atoms with van der Waals surface area (Å²) in [6, 6.07) is 8.06. The Balaban J connectivity index is 0.000000479. The van der Waals surface area contributed by atoms with Gasteiger partial charge in [-0.2, -0.15) is 18.2 Å². The molecule has 0 atom stereocenters. The number of halogens is 5. The summed E-state index contributed by atoms with van der Waals surface area (Å²) in [7, 11) is 2.97. The molecule has 4 N–H and O–H groups in total. The summed E-state index contributed by atoms with van der Waals surface area (Å²) in [5, 5.41) is 13.2. The zero-order valence-corrected chi connectivity index (χ0v) is 19.5. The monoisotopic (exact) mass is 545 g/mol. The Labute approximate surface area is 209 Å². The van der Waals surface area contributed by atoms with Gasteiger partial charge < -0.3 is 29.6 Å². The minimum absolute atomic E-state index is 0.0655. The number of hydrogen-bond donors (Lipinski definition) is 4. The van der Waals surface area contributed by atoms with Crippen molar-refractivity contribution in [3.05, 3.63) is 57.9 Å². The van der Waals surface area contributed by atoms with E-state index in [1.165, 1.54) is 14.2 Å². The van der Waals surface area contributed by atoms with E-state index in [2.05, 4.69) is 25.6 Å². The van der Waals surface area contributed by atoms with Crippen molar-refractivity contribution in [2.75, 3.05) is 24.9 Å². The van der Waals surface area contributed by atoms with Crippen LogP contribution in [-0.2, 0) is 4.79 Å². The number of nitrogens with zero attached hydrogens (tertiary/aromatic N) is 2. The number of fused-ring (bicyclic) bond motifs is 1. The third kappa shape index (κ3) is 6.78. The second-order valence-corrected chi connectivity index (χ2v) is 7.27. The maximum absolute atomic E-state index is 14.2. The van der Waals surface area contributed by atoms with E-state index in [0.717, 1.165) is 6.20 Å². The van der Waals surface area contributed by atoms with Gasteiger partial charge in [0, 0.05) is 17.4 Å². The number of rotatable bonds is 6. The van der Waals surface area contributed by atoms with Crippen LogP contribution >= 0.6 is 11.6 Å². The first-order chi connectivity index (χ1) is 17.4. The van der Waals surface area contributed by atoms with Crippen molar-refractivity contribution in [3.63, 3.8) is 0 Å². The Kier molecular flexibility index (Phi) is 8.07. The van der Waals surface area contributed by atoms with Gasteiger partial charge in [-0.3, -0.25) is 4.98 Å². The average Bonchev–Trinajstić information content (AvgIpc) is 3.20. The molecular weight excluding hydrogens is 530 g/mol. The van der Waals surface area contributed by atoms with Crippen LogP contribution in [0, 0.1) is 5.82 Å². The van der Waals surface area contributed by atoms with Crippen LogP contribution in [0.3, 0.4) is 0 Å². The first-order valence-corrected chi connectivity index (χ1v) is 10.2. The highest BCUT2D eigenvalue weighted by Gasteiger charge is 2.38. The quantitative estimate of drug-likeness (QED) is 0.248. The van der Waals surface area contributed by atoms with Crippen LogP contribution in [0.5, 0.6) is 11.5 Å². The molecule has 37 heavy (non-hydrogen) atoms. The Morgan fingerprint density at radius 2 is 1.84 bits per heavy atom. The van der Waals surface area contributed by atoms with Crippen molar-refractivity contribution in [2.24, 2.45) is 0 Å². The summed E-state index contributed by atoms with van der Waals surface area (Å²) in [5.41, 5.74) is 1.88. The topological polar surface area (TPSA) is 152 Å². The molecule has 0 fully saturated rings. The third-order valence-corrected chi connectivity index (χ3v) is 4.64. The van der Waals surface area contributed by atoms with Gasteiger partial charge in [0.25, 0.3) is 0 Å².